The summed E-state index contributed by atoms with van der Waals surface area (Å²) in [4.78, 5) is 0.161. The second-order valence-electron chi connectivity index (χ2n) is 5.58. The molecule has 0 aromatic heterocycles. The van der Waals surface area contributed by atoms with Crippen LogP contribution in [0.5, 0.6) is 0 Å². The summed E-state index contributed by atoms with van der Waals surface area (Å²) in [6.07, 6.45) is 2.78. The summed E-state index contributed by atoms with van der Waals surface area (Å²) in [5.41, 5.74) is 1.09. The average Bonchev–Trinajstić information content (AvgIpc) is 2.76. The third kappa shape index (κ3) is 3.34. The van der Waals surface area contributed by atoms with Crippen molar-refractivity contribution in [3.63, 3.8) is 0 Å². The van der Waals surface area contributed by atoms with Gasteiger partial charge in [-0.15, -0.1) is 0 Å². The van der Waals surface area contributed by atoms with E-state index in [0.29, 0.717) is 22.1 Å². The van der Waals surface area contributed by atoms with E-state index in [-0.39, 0.29) is 17.5 Å². The van der Waals surface area contributed by atoms with Crippen LogP contribution >= 0.6 is 11.6 Å². The summed E-state index contributed by atoms with van der Waals surface area (Å²) in [6.45, 7) is 3.59. The Kier molecular flexibility index (Phi) is 4.74. The highest BCUT2D eigenvalue weighted by molar-refractivity contribution is 7.89. The summed E-state index contributed by atoms with van der Waals surface area (Å²) in [6, 6.07) is 3.02. The standard InChI is InChI=1S/C14H20ClNO3S/c1-9-3-4-13(5-9)16-20(18,19)14-7-12(15)6-11(8-17)10(14)2/h6-7,9,13,16-17H,3-5,8H2,1-2H3. The lowest BCUT2D eigenvalue weighted by atomic mass is 10.1. The highest BCUT2D eigenvalue weighted by Gasteiger charge is 2.28. The quantitative estimate of drug-likeness (QED) is 0.897. The maximum atomic E-state index is 12.5. The van der Waals surface area contributed by atoms with E-state index in [2.05, 4.69) is 11.6 Å². The molecule has 0 saturated heterocycles. The van der Waals surface area contributed by atoms with E-state index in [1.165, 1.54) is 6.07 Å². The molecule has 2 N–H and O–H groups in total. The Bertz CT molecular complexity index is 601. The van der Waals surface area contributed by atoms with Crippen molar-refractivity contribution in [3.8, 4) is 0 Å². The molecule has 112 valence electrons. The molecule has 20 heavy (non-hydrogen) atoms. The zero-order valence-corrected chi connectivity index (χ0v) is 13.3. The molecular weight excluding hydrogens is 298 g/mol. The number of hydrogen-bond acceptors (Lipinski definition) is 3. The first-order chi connectivity index (χ1) is 9.33. The SMILES string of the molecule is Cc1c(CO)cc(Cl)cc1S(=O)(=O)NC1CCC(C)C1. The van der Waals surface area contributed by atoms with Gasteiger partial charge < -0.3 is 5.11 Å². The molecule has 1 saturated carbocycles. The topological polar surface area (TPSA) is 66.4 Å². The van der Waals surface area contributed by atoms with Gasteiger partial charge in [0.15, 0.2) is 0 Å². The van der Waals surface area contributed by atoms with Gasteiger partial charge in [0.2, 0.25) is 10.0 Å². The fourth-order valence-electron chi connectivity index (χ4n) is 2.75. The van der Waals surface area contributed by atoms with E-state index >= 15 is 0 Å². The Morgan fingerprint density at radius 1 is 1.40 bits per heavy atom. The maximum absolute atomic E-state index is 12.5. The minimum absolute atomic E-state index is 0.00837. The molecule has 4 nitrogen and oxygen atoms in total. The number of hydrogen-bond donors (Lipinski definition) is 2. The molecule has 6 heteroatoms. The van der Waals surface area contributed by atoms with Gasteiger partial charge in [-0.25, -0.2) is 13.1 Å². The molecule has 1 aromatic carbocycles. The third-order valence-corrected chi connectivity index (χ3v) is 5.77. The van der Waals surface area contributed by atoms with Crippen LogP contribution in [0, 0.1) is 12.8 Å². The summed E-state index contributed by atoms with van der Waals surface area (Å²) in [7, 11) is -3.60. The lowest BCUT2D eigenvalue weighted by Gasteiger charge is -2.16. The summed E-state index contributed by atoms with van der Waals surface area (Å²) in [5, 5.41) is 9.60. The van der Waals surface area contributed by atoms with Crippen molar-refractivity contribution in [1.29, 1.82) is 0 Å². The number of benzene rings is 1. The lowest BCUT2D eigenvalue weighted by molar-refractivity contribution is 0.280. The van der Waals surface area contributed by atoms with Gasteiger partial charge in [0, 0.05) is 11.1 Å². The molecule has 1 aliphatic carbocycles. The van der Waals surface area contributed by atoms with Crippen LogP contribution < -0.4 is 4.72 Å². The molecular formula is C14H20ClNO3S. The van der Waals surface area contributed by atoms with Gasteiger partial charge >= 0.3 is 0 Å². The van der Waals surface area contributed by atoms with Crippen molar-refractivity contribution in [2.45, 2.75) is 50.7 Å². The number of rotatable bonds is 4. The van der Waals surface area contributed by atoms with Crippen LogP contribution in [0.3, 0.4) is 0 Å². The minimum Gasteiger partial charge on any atom is -0.392 e. The van der Waals surface area contributed by atoms with Gasteiger partial charge in [0.25, 0.3) is 0 Å². The van der Waals surface area contributed by atoms with Crippen molar-refractivity contribution >= 4 is 21.6 Å². The van der Waals surface area contributed by atoms with Crippen LogP contribution in [0.2, 0.25) is 5.02 Å². The van der Waals surface area contributed by atoms with Crippen LogP contribution in [0.4, 0.5) is 0 Å². The first-order valence-corrected chi connectivity index (χ1v) is 8.62. The largest absolute Gasteiger partial charge is 0.392 e. The predicted molar refractivity (Wildman–Crippen MR) is 79.2 cm³/mol. The van der Waals surface area contributed by atoms with Gasteiger partial charge in [-0.05, 0) is 55.4 Å². The first kappa shape index (κ1) is 15.8. The molecule has 2 rings (SSSR count). The van der Waals surface area contributed by atoms with Gasteiger partial charge in [-0.1, -0.05) is 18.5 Å². The van der Waals surface area contributed by atoms with E-state index in [4.69, 9.17) is 11.6 Å². The third-order valence-electron chi connectivity index (χ3n) is 3.91. The maximum Gasteiger partial charge on any atom is 0.241 e. The van der Waals surface area contributed by atoms with Crippen LogP contribution in [-0.2, 0) is 16.6 Å². The second-order valence-corrected chi connectivity index (χ2v) is 7.70. The van der Waals surface area contributed by atoms with E-state index in [9.17, 15) is 13.5 Å². The number of sulfonamides is 1. The van der Waals surface area contributed by atoms with Crippen LogP contribution in [0.25, 0.3) is 0 Å². The number of aliphatic hydroxyl groups excluding tert-OH is 1. The van der Waals surface area contributed by atoms with Crippen molar-refractivity contribution in [2.24, 2.45) is 5.92 Å². The molecule has 0 spiro atoms. The van der Waals surface area contributed by atoms with Gasteiger partial charge in [0.1, 0.15) is 0 Å². The summed E-state index contributed by atoms with van der Waals surface area (Å²) in [5.74, 6) is 0.552. The minimum atomic E-state index is -3.60. The average molecular weight is 318 g/mol. The number of aliphatic hydroxyl groups is 1. The fourth-order valence-corrected chi connectivity index (χ4v) is 4.65. The first-order valence-electron chi connectivity index (χ1n) is 6.75. The Hall–Kier alpha value is -0.620. The molecule has 0 radical (unpaired) electrons. The van der Waals surface area contributed by atoms with Crippen LogP contribution in [0.15, 0.2) is 17.0 Å². The van der Waals surface area contributed by atoms with Gasteiger partial charge in [-0.3, -0.25) is 0 Å². The fraction of sp³-hybridized carbons (Fsp3) is 0.571. The molecule has 2 unspecified atom stereocenters. The van der Waals surface area contributed by atoms with Crippen molar-refractivity contribution in [3.05, 3.63) is 28.3 Å². The highest BCUT2D eigenvalue weighted by Crippen LogP contribution is 2.28. The molecule has 1 aromatic rings. The van der Waals surface area contributed by atoms with Crippen LogP contribution in [0.1, 0.15) is 37.3 Å². The van der Waals surface area contributed by atoms with Crippen LogP contribution in [-0.4, -0.2) is 19.6 Å². The molecule has 1 aliphatic rings. The summed E-state index contributed by atoms with van der Waals surface area (Å²) < 4.78 is 27.7. The monoisotopic (exact) mass is 317 g/mol. The van der Waals surface area contributed by atoms with Gasteiger partial charge in [0.05, 0.1) is 11.5 Å². The van der Waals surface area contributed by atoms with E-state index in [0.717, 1.165) is 19.3 Å². The molecule has 0 amide bonds. The number of halogens is 1. The van der Waals surface area contributed by atoms with Gasteiger partial charge in [-0.2, -0.15) is 0 Å². The smallest absolute Gasteiger partial charge is 0.241 e. The van der Waals surface area contributed by atoms with Crippen molar-refractivity contribution in [2.75, 3.05) is 0 Å². The Morgan fingerprint density at radius 2 is 2.10 bits per heavy atom. The zero-order chi connectivity index (χ0) is 14.9. The lowest BCUT2D eigenvalue weighted by Crippen LogP contribution is -2.33. The van der Waals surface area contributed by atoms with Crippen molar-refractivity contribution in [1.82, 2.24) is 4.72 Å². The van der Waals surface area contributed by atoms with Crippen molar-refractivity contribution < 1.29 is 13.5 Å². The zero-order valence-electron chi connectivity index (χ0n) is 11.7. The molecule has 2 atom stereocenters. The van der Waals surface area contributed by atoms with E-state index < -0.39 is 10.0 Å². The Labute approximate surface area is 125 Å². The normalized spacial score (nSPS) is 23.2. The molecule has 0 heterocycles. The van der Waals surface area contributed by atoms with E-state index in [1.54, 1.807) is 13.0 Å². The predicted octanol–water partition coefficient (Wildman–Crippen LogP) is 2.61. The highest BCUT2D eigenvalue weighted by atomic mass is 35.5. The Morgan fingerprint density at radius 3 is 2.65 bits per heavy atom. The molecule has 0 bridgehead atoms. The number of nitrogens with one attached hydrogen (secondary N) is 1. The second kappa shape index (κ2) is 6.02. The molecule has 0 aliphatic heterocycles. The Balaban J connectivity index is 2.32. The van der Waals surface area contributed by atoms with E-state index in [1.807, 2.05) is 0 Å². The molecule has 1 fully saturated rings. The summed E-state index contributed by atoms with van der Waals surface area (Å²) >= 11 is 5.94.